The summed E-state index contributed by atoms with van der Waals surface area (Å²) in [5.74, 6) is -0.166. The van der Waals surface area contributed by atoms with Gasteiger partial charge < -0.3 is 4.57 Å². The van der Waals surface area contributed by atoms with Gasteiger partial charge in [0, 0.05) is 19.4 Å². The third kappa shape index (κ3) is 3.85. The second-order valence-corrected chi connectivity index (χ2v) is 13.4. The van der Waals surface area contributed by atoms with E-state index in [1.54, 1.807) is 0 Å². The second kappa shape index (κ2) is 7.97. The molecule has 2 aliphatic rings. The van der Waals surface area contributed by atoms with E-state index in [2.05, 4.69) is 25.4 Å². The fourth-order valence-corrected chi connectivity index (χ4v) is 6.58. The molecule has 36 heavy (non-hydrogen) atoms. The quantitative estimate of drug-likeness (QED) is 0.465. The molecule has 3 heterocycles. The monoisotopic (exact) mass is 538 g/mol. The predicted octanol–water partition coefficient (Wildman–Crippen LogP) is 3.89. The molecule has 9 nitrogen and oxygen atoms in total. The third-order valence-electron chi connectivity index (χ3n) is 6.46. The molecule has 3 aromatic heterocycles. The molecule has 1 unspecified atom stereocenters. The van der Waals surface area contributed by atoms with E-state index in [0.717, 1.165) is 12.3 Å². The van der Waals surface area contributed by atoms with Crippen molar-refractivity contribution in [2.75, 3.05) is 5.75 Å². The summed E-state index contributed by atoms with van der Waals surface area (Å²) in [5, 5.41) is 9.53. The average molecular weight is 539 g/mol. The summed E-state index contributed by atoms with van der Waals surface area (Å²) in [7, 11) is -7.04. The number of aromatic nitrogens is 4. The van der Waals surface area contributed by atoms with Crippen molar-refractivity contribution in [1.29, 1.82) is 5.26 Å². The Morgan fingerprint density at radius 1 is 1.19 bits per heavy atom. The Labute approximate surface area is 205 Å². The highest BCUT2D eigenvalue weighted by molar-refractivity contribution is 7.94. The number of aryl methyl sites for hydroxylation is 1. The lowest BCUT2D eigenvalue weighted by molar-refractivity contribution is -0.0404. The first kappa shape index (κ1) is 24.6. The minimum atomic E-state index is -5.10. The van der Waals surface area contributed by atoms with Crippen LogP contribution in [0.4, 0.5) is 13.2 Å². The number of hydrogen-bond donors (Lipinski definition) is 0. The largest absolute Gasteiger partial charge is 0.483 e. The van der Waals surface area contributed by atoms with Crippen LogP contribution >= 0.6 is 0 Å². The molecule has 0 aliphatic heterocycles. The van der Waals surface area contributed by atoms with Crippen LogP contribution in [0.1, 0.15) is 38.2 Å². The molecule has 2 aliphatic carbocycles. The molecular weight excluding hydrogens is 517 g/mol. The zero-order chi connectivity index (χ0) is 26.1. The molecule has 0 bridgehead atoms. The zero-order valence-electron chi connectivity index (χ0n) is 19.3. The smallest absolute Gasteiger partial charge is 0.310 e. The van der Waals surface area contributed by atoms with Crippen LogP contribution in [0.25, 0.3) is 22.7 Å². The van der Waals surface area contributed by atoms with E-state index in [1.165, 1.54) is 30.8 Å². The summed E-state index contributed by atoms with van der Waals surface area (Å²) in [5.41, 5.74) is -5.22. The number of pyridine rings is 2. The van der Waals surface area contributed by atoms with E-state index in [1.807, 2.05) is 0 Å². The van der Waals surface area contributed by atoms with Crippen molar-refractivity contribution in [1.82, 2.24) is 19.5 Å². The van der Waals surface area contributed by atoms with Gasteiger partial charge in [-0.15, -0.1) is 0 Å². The lowest BCUT2D eigenvalue weighted by Gasteiger charge is -2.13. The molecule has 0 aromatic carbocycles. The van der Waals surface area contributed by atoms with Gasteiger partial charge in [-0.2, -0.15) is 18.4 Å². The van der Waals surface area contributed by atoms with Gasteiger partial charge in [-0.05, 0) is 43.4 Å². The average Bonchev–Trinajstić information content (AvgIpc) is 3.77. The van der Waals surface area contributed by atoms with Crippen molar-refractivity contribution < 1.29 is 25.8 Å². The number of sulfone groups is 1. The molecule has 2 saturated carbocycles. The molecular formula is C22H21F3N6O3S2. The molecule has 14 heteroatoms. The Balaban J connectivity index is 1.70. The number of imidazole rings is 1. The zero-order valence-corrected chi connectivity index (χ0v) is 20.9. The lowest BCUT2D eigenvalue weighted by Crippen LogP contribution is -2.24. The fraction of sp³-hybridized carbons (Fsp3) is 0.455. The molecule has 3 aromatic rings. The van der Waals surface area contributed by atoms with Gasteiger partial charge in [-0.3, -0.25) is 4.98 Å². The molecule has 0 amide bonds. The van der Waals surface area contributed by atoms with Crippen molar-refractivity contribution >= 4 is 30.7 Å². The first-order valence-electron chi connectivity index (χ1n) is 11.2. The molecule has 0 N–H and O–H groups in total. The van der Waals surface area contributed by atoms with Crippen LogP contribution in [-0.4, -0.2) is 49.4 Å². The van der Waals surface area contributed by atoms with Crippen LogP contribution < -0.4 is 0 Å². The molecule has 1 atom stereocenters. The van der Waals surface area contributed by atoms with Crippen molar-refractivity contribution in [3.8, 4) is 17.6 Å². The summed E-state index contributed by atoms with van der Waals surface area (Å²) in [6.45, 7) is 1.48. The molecule has 190 valence electrons. The van der Waals surface area contributed by atoms with Gasteiger partial charge in [0.25, 0.3) is 0 Å². The topological polar surface area (TPSA) is 131 Å². The van der Waals surface area contributed by atoms with Gasteiger partial charge in [0.15, 0.2) is 31.0 Å². The van der Waals surface area contributed by atoms with Crippen LogP contribution in [-0.2, 0) is 32.0 Å². The van der Waals surface area contributed by atoms with Crippen LogP contribution in [0, 0.1) is 11.3 Å². The molecule has 5 rings (SSSR count). The van der Waals surface area contributed by atoms with Crippen molar-refractivity contribution in [2.24, 2.45) is 11.4 Å². The minimum absolute atomic E-state index is 0.00406. The number of alkyl halides is 3. The summed E-state index contributed by atoms with van der Waals surface area (Å²) in [6, 6.07) is 4.07. The van der Waals surface area contributed by atoms with Crippen LogP contribution in [0.2, 0.25) is 0 Å². The summed E-state index contributed by atoms with van der Waals surface area (Å²) >= 11 is 0. The van der Waals surface area contributed by atoms with Crippen molar-refractivity contribution in [3.63, 3.8) is 0 Å². The van der Waals surface area contributed by atoms with Gasteiger partial charge in [0.05, 0.1) is 33.1 Å². The van der Waals surface area contributed by atoms with Crippen molar-refractivity contribution in [2.45, 2.75) is 59.4 Å². The van der Waals surface area contributed by atoms with Crippen LogP contribution in [0.3, 0.4) is 0 Å². The Hall–Kier alpha value is -3.05. The van der Waals surface area contributed by atoms with E-state index in [-0.39, 0.29) is 33.3 Å². The number of halogens is 3. The number of fused-ring (bicyclic) bond motifs is 1. The minimum Gasteiger partial charge on any atom is -0.310 e. The Kier molecular flexibility index (Phi) is 5.46. The molecule has 0 radical (unpaired) electrons. The maximum atomic E-state index is 13.8. The maximum Gasteiger partial charge on any atom is 0.483 e. The molecule has 0 spiro atoms. The SMILES string of the molecule is CCS(=O)(=O)c1cc(C2(C#N)CC2)cnc1-c1nc2cc(S(=O)(=NC3CC3)C(F)(F)F)cnc2n1C. The maximum absolute atomic E-state index is 13.8. The number of nitriles is 1. The highest BCUT2D eigenvalue weighted by atomic mass is 32.2. The number of nitrogens with zero attached hydrogens (tertiary/aromatic N) is 6. The van der Waals surface area contributed by atoms with Crippen molar-refractivity contribution in [3.05, 3.63) is 30.1 Å². The second-order valence-electron chi connectivity index (χ2n) is 8.98. The van der Waals surface area contributed by atoms with E-state index >= 15 is 0 Å². The molecule has 2 fully saturated rings. The van der Waals surface area contributed by atoms with E-state index in [0.29, 0.717) is 31.2 Å². The first-order chi connectivity index (χ1) is 16.8. The summed E-state index contributed by atoms with van der Waals surface area (Å²) in [6.07, 6.45) is 4.39. The Morgan fingerprint density at radius 2 is 1.89 bits per heavy atom. The van der Waals surface area contributed by atoms with Crippen LogP contribution in [0.5, 0.6) is 0 Å². The standard InChI is InChI=1S/C22H21F3N6O3S2/c1-3-35(32,33)17-8-13(21(12-26)6-7-21)10-27-18(17)20-29-16-9-15(11-28-19(16)31(20)2)36(34,22(23,24)25)30-14-4-5-14/h8-11,14H,3-7H2,1-2H3. The fourth-order valence-electron chi connectivity index (χ4n) is 3.92. The number of rotatable bonds is 6. The van der Waals surface area contributed by atoms with Gasteiger partial charge in [-0.25, -0.2) is 27.0 Å². The first-order valence-corrected chi connectivity index (χ1v) is 14.3. The molecule has 0 saturated heterocycles. The summed E-state index contributed by atoms with van der Waals surface area (Å²) < 4.78 is 85.3. The van der Waals surface area contributed by atoms with Gasteiger partial charge in [0.1, 0.15) is 11.2 Å². The van der Waals surface area contributed by atoms with Gasteiger partial charge >= 0.3 is 5.51 Å². The summed E-state index contributed by atoms with van der Waals surface area (Å²) in [4.78, 5) is 12.0. The highest BCUT2D eigenvalue weighted by Gasteiger charge is 2.47. The van der Waals surface area contributed by atoms with Gasteiger partial charge in [-0.1, -0.05) is 6.92 Å². The van der Waals surface area contributed by atoms with E-state index in [9.17, 15) is 31.1 Å². The third-order valence-corrected chi connectivity index (χ3v) is 10.3. The Morgan fingerprint density at radius 3 is 2.44 bits per heavy atom. The predicted molar refractivity (Wildman–Crippen MR) is 124 cm³/mol. The lowest BCUT2D eigenvalue weighted by atomic mass is 9.99. The van der Waals surface area contributed by atoms with E-state index < -0.39 is 41.4 Å². The normalized spacial score (nSPS) is 19.0. The number of hydrogen-bond acceptors (Lipinski definition) is 8. The van der Waals surface area contributed by atoms with Crippen LogP contribution in [0.15, 0.2) is 38.7 Å². The van der Waals surface area contributed by atoms with Gasteiger partial charge in [0.2, 0.25) is 0 Å². The van der Waals surface area contributed by atoms with E-state index in [4.69, 9.17) is 0 Å². The Bertz CT molecular complexity index is 1670. The highest BCUT2D eigenvalue weighted by Crippen LogP contribution is 2.48.